The van der Waals surface area contributed by atoms with Gasteiger partial charge in [-0.1, -0.05) is 27.7 Å². The number of hydrogen-bond donors (Lipinski definition) is 2. The Labute approximate surface area is 120 Å². The Kier molecular flexibility index (Phi) is 7.87. The summed E-state index contributed by atoms with van der Waals surface area (Å²) >= 11 is 0. The summed E-state index contributed by atoms with van der Waals surface area (Å²) in [4.78, 5) is 36.1. The van der Waals surface area contributed by atoms with Crippen molar-refractivity contribution in [2.24, 2.45) is 11.8 Å². The standard InChI is InChI=1S/C14H26N2O4/c1-6-16(8-12(18)19)14(20)13(10(4)5)15-11(17)7-9(2)3/h9-10,13H,6-8H2,1-5H3,(H,15,17)(H,18,19). The monoisotopic (exact) mass is 286 g/mol. The van der Waals surface area contributed by atoms with E-state index in [9.17, 15) is 14.4 Å². The number of likely N-dealkylation sites (N-methyl/N-ethyl adjacent to an activating group) is 1. The number of amides is 2. The van der Waals surface area contributed by atoms with Crippen LogP contribution in [0.4, 0.5) is 0 Å². The van der Waals surface area contributed by atoms with E-state index in [0.717, 1.165) is 0 Å². The molecule has 0 rings (SSSR count). The van der Waals surface area contributed by atoms with Crippen LogP contribution in [0.5, 0.6) is 0 Å². The highest BCUT2D eigenvalue weighted by Gasteiger charge is 2.28. The molecule has 6 heteroatoms. The lowest BCUT2D eigenvalue weighted by Gasteiger charge is -2.28. The molecule has 0 saturated carbocycles. The number of rotatable bonds is 8. The topological polar surface area (TPSA) is 86.7 Å². The maximum Gasteiger partial charge on any atom is 0.323 e. The van der Waals surface area contributed by atoms with Crippen molar-refractivity contribution >= 4 is 17.8 Å². The van der Waals surface area contributed by atoms with E-state index in [1.807, 2.05) is 27.7 Å². The molecule has 6 nitrogen and oxygen atoms in total. The van der Waals surface area contributed by atoms with Crippen LogP contribution >= 0.6 is 0 Å². The fourth-order valence-electron chi connectivity index (χ4n) is 1.82. The first-order valence-electron chi connectivity index (χ1n) is 6.98. The van der Waals surface area contributed by atoms with Crippen molar-refractivity contribution in [3.63, 3.8) is 0 Å². The van der Waals surface area contributed by atoms with Crippen LogP contribution in [0, 0.1) is 11.8 Å². The van der Waals surface area contributed by atoms with Crippen LogP contribution < -0.4 is 5.32 Å². The summed E-state index contributed by atoms with van der Waals surface area (Å²) < 4.78 is 0. The van der Waals surface area contributed by atoms with E-state index in [1.165, 1.54) is 4.90 Å². The molecule has 2 N–H and O–H groups in total. The Bertz CT molecular complexity index is 353. The fourth-order valence-corrected chi connectivity index (χ4v) is 1.82. The molecule has 20 heavy (non-hydrogen) atoms. The van der Waals surface area contributed by atoms with Crippen molar-refractivity contribution in [2.45, 2.75) is 47.1 Å². The van der Waals surface area contributed by atoms with E-state index < -0.39 is 12.0 Å². The smallest absolute Gasteiger partial charge is 0.323 e. The van der Waals surface area contributed by atoms with Crippen LogP contribution in [0.1, 0.15) is 41.0 Å². The molecule has 1 atom stereocenters. The van der Waals surface area contributed by atoms with Gasteiger partial charge in [-0.15, -0.1) is 0 Å². The van der Waals surface area contributed by atoms with Gasteiger partial charge in [0.15, 0.2) is 0 Å². The summed E-state index contributed by atoms with van der Waals surface area (Å²) in [6, 6.07) is -0.680. The predicted molar refractivity (Wildman–Crippen MR) is 76.1 cm³/mol. The predicted octanol–water partition coefficient (Wildman–Crippen LogP) is 1.11. The quantitative estimate of drug-likeness (QED) is 0.699. The number of nitrogens with zero attached hydrogens (tertiary/aromatic N) is 1. The van der Waals surface area contributed by atoms with Gasteiger partial charge < -0.3 is 15.3 Å². The first-order valence-corrected chi connectivity index (χ1v) is 6.98. The van der Waals surface area contributed by atoms with Crippen LogP contribution in [0.3, 0.4) is 0 Å². The number of carbonyl (C=O) groups excluding carboxylic acids is 2. The third-order valence-electron chi connectivity index (χ3n) is 2.86. The summed E-state index contributed by atoms with van der Waals surface area (Å²) in [5.74, 6) is -1.47. The van der Waals surface area contributed by atoms with Gasteiger partial charge in [-0.05, 0) is 18.8 Å². The maximum absolute atomic E-state index is 12.3. The van der Waals surface area contributed by atoms with Gasteiger partial charge in [-0.25, -0.2) is 0 Å². The molecular weight excluding hydrogens is 260 g/mol. The summed E-state index contributed by atoms with van der Waals surface area (Å²) in [6.07, 6.45) is 0.349. The first kappa shape index (κ1) is 18.4. The van der Waals surface area contributed by atoms with Gasteiger partial charge in [-0.2, -0.15) is 0 Å². The molecule has 116 valence electrons. The molecule has 0 aromatic carbocycles. The molecule has 1 unspecified atom stereocenters. The SMILES string of the molecule is CCN(CC(=O)O)C(=O)C(NC(=O)CC(C)C)C(C)C. The third kappa shape index (κ3) is 6.54. The molecule has 2 amide bonds. The second-order valence-electron chi connectivity index (χ2n) is 5.63. The molecule has 0 aromatic rings. The lowest BCUT2D eigenvalue weighted by Crippen LogP contribution is -2.52. The Morgan fingerprint density at radius 1 is 1.15 bits per heavy atom. The Morgan fingerprint density at radius 2 is 1.70 bits per heavy atom. The number of carboxylic acid groups (broad SMARTS) is 1. The molecule has 0 aliphatic rings. The second kappa shape index (κ2) is 8.55. The number of carbonyl (C=O) groups is 3. The molecular formula is C14H26N2O4. The molecule has 0 aliphatic heterocycles. The van der Waals surface area contributed by atoms with Crippen LogP contribution in [0.25, 0.3) is 0 Å². The van der Waals surface area contributed by atoms with Crippen LogP contribution in [0.15, 0.2) is 0 Å². The van der Waals surface area contributed by atoms with Gasteiger partial charge in [0, 0.05) is 13.0 Å². The molecule has 0 spiro atoms. The highest BCUT2D eigenvalue weighted by Crippen LogP contribution is 2.08. The van der Waals surface area contributed by atoms with E-state index in [0.29, 0.717) is 13.0 Å². The Hall–Kier alpha value is -1.59. The molecule has 0 radical (unpaired) electrons. The summed E-state index contributed by atoms with van der Waals surface area (Å²) in [7, 11) is 0. The molecule has 0 bridgehead atoms. The molecule has 0 aromatic heterocycles. The Morgan fingerprint density at radius 3 is 2.05 bits per heavy atom. The molecule has 0 saturated heterocycles. The van der Waals surface area contributed by atoms with Crippen molar-refractivity contribution in [3.8, 4) is 0 Å². The average molecular weight is 286 g/mol. The zero-order valence-electron chi connectivity index (χ0n) is 13.0. The molecule has 0 aliphatic carbocycles. The zero-order chi connectivity index (χ0) is 15.9. The number of hydrogen-bond acceptors (Lipinski definition) is 3. The lowest BCUT2D eigenvalue weighted by molar-refractivity contribution is -0.146. The third-order valence-corrected chi connectivity index (χ3v) is 2.86. The number of nitrogens with one attached hydrogen (secondary N) is 1. The minimum Gasteiger partial charge on any atom is -0.480 e. The van der Waals surface area contributed by atoms with E-state index in [-0.39, 0.29) is 30.2 Å². The second-order valence-corrected chi connectivity index (χ2v) is 5.63. The van der Waals surface area contributed by atoms with Crippen LogP contribution in [-0.4, -0.2) is 46.9 Å². The number of carboxylic acids is 1. The average Bonchev–Trinajstić information content (AvgIpc) is 2.30. The largest absolute Gasteiger partial charge is 0.480 e. The van der Waals surface area contributed by atoms with Gasteiger partial charge in [0.05, 0.1) is 0 Å². The van der Waals surface area contributed by atoms with Crippen molar-refractivity contribution < 1.29 is 19.5 Å². The maximum atomic E-state index is 12.3. The molecule has 0 fully saturated rings. The minimum atomic E-state index is -1.06. The van der Waals surface area contributed by atoms with Crippen molar-refractivity contribution in [2.75, 3.05) is 13.1 Å². The summed E-state index contributed by atoms with van der Waals surface area (Å²) in [5, 5.41) is 11.5. The van der Waals surface area contributed by atoms with Gasteiger partial charge in [0.1, 0.15) is 12.6 Å². The van der Waals surface area contributed by atoms with Gasteiger partial charge in [-0.3, -0.25) is 14.4 Å². The van der Waals surface area contributed by atoms with E-state index in [2.05, 4.69) is 5.32 Å². The first-order chi connectivity index (χ1) is 9.18. The van der Waals surface area contributed by atoms with E-state index in [1.54, 1.807) is 6.92 Å². The van der Waals surface area contributed by atoms with Gasteiger partial charge >= 0.3 is 5.97 Å². The summed E-state index contributed by atoms with van der Waals surface area (Å²) in [6.45, 7) is 9.17. The number of aliphatic carboxylic acids is 1. The van der Waals surface area contributed by atoms with E-state index >= 15 is 0 Å². The van der Waals surface area contributed by atoms with Crippen LogP contribution in [-0.2, 0) is 14.4 Å². The van der Waals surface area contributed by atoms with Crippen molar-refractivity contribution in [1.82, 2.24) is 10.2 Å². The minimum absolute atomic E-state index is 0.0959. The normalized spacial score (nSPS) is 12.3. The van der Waals surface area contributed by atoms with E-state index in [4.69, 9.17) is 5.11 Å². The highest BCUT2D eigenvalue weighted by molar-refractivity contribution is 5.89. The Balaban J connectivity index is 4.84. The highest BCUT2D eigenvalue weighted by atomic mass is 16.4. The van der Waals surface area contributed by atoms with Gasteiger partial charge in [0.2, 0.25) is 11.8 Å². The summed E-state index contributed by atoms with van der Waals surface area (Å²) in [5.41, 5.74) is 0. The van der Waals surface area contributed by atoms with Crippen LogP contribution in [0.2, 0.25) is 0 Å². The lowest BCUT2D eigenvalue weighted by atomic mass is 10.0. The van der Waals surface area contributed by atoms with Gasteiger partial charge in [0.25, 0.3) is 0 Å². The van der Waals surface area contributed by atoms with Crippen molar-refractivity contribution in [3.05, 3.63) is 0 Å². The fraction of sp³-hybridized carbons (Fsp3) is 0.786. The zero-order valence-corrected chi connectivity index (χ0v) is 13.0. The van der Waals surface area contributed by atoms with Crippen molar-refractivity contribution in [1.29, 1.82) is 0 Å². The molecule has 0 heterocycles.